The van der Waals surface area contributed by atoms with Gasteiger partial charge in [-0.15, -0.1) is 0 Å². The lowest BCUT2D eigenvalue weighted by molar-refractivity contribution is 0.262. The molecule has 0 aliphatic rings. The van der Waals surface area contributed by atoms with E-state index in [2.05, 4.69) is 12.1 Å². The lowest BCUT2D eigenvalue weighted by Crippen LogP contribution is -2.07. The summed E-state index contributed by atoms with van der Waals surface area (Å²) in [6, 6.07) is 12.5. The maximum Gasteiger partial charge on any atom is 0.127 e. The largest absolute Gasteiger partial charge is 0.493 e. The molecule has 0 heterocycles. The standard InChI is InChI=1S/C11H12NO/c1-10(7-8-12)9-13-11-5-3-2-4-6-11/h2-5,10H,7,9H2,1H3. The number of ether oxygens (including phenoxy) is 1. The van der Waals surface area contributed by atoms with Gasteiger partial charge in [-0.3, -0.25) is 0 Å². The summed E-state index contributed by atoms with van der Waals surface area (Å²) in [6.45, 7) is 2.57. The number of nitriles is 1. The molecular weight excluding hydrogens is 162 g/mol. The van der Waals surface area contributed by atoms with Gasteiger partial charge in [-0.2, -0.15) is 5.26 Å². The van der Waals surface area contributed by atoms with Crippen LogP contribution in [-0.4, -0.2) is 6.61 Å². The van der Waals surface area contributed by atoms with Crippen LogP contribution in [-0.2, 0) is 0 Å². The predicted molar refractivity (Wildman–Crippen MR) is 50.2 cm³/mol. The second-order valence-corrected chi connectivity index (χ2v) is 3.01. The maximum absolute atomic E-state index is 8.42. The van der Waals surface area contributed by atoms with Crippen LogP contribution in [0.5, 0.6) is 5.75 Å². The average molecular weight is 174 g/mol. The molecule has 0 spiro atoms. The third-order valence-electron chi connectivity index (χ3n) is 1.64. The normalized spacial score (nSPS) is 11.7. The highest BCUT2D eigenvalue weighted by atomic mass is 16.5. The Balaban J connectivity index is 2.32. The van der Waals surface area contributed by atoms with Crippen molar-refractivity contribution in [1.82, 2.24) is 0 Å². The summed E-state index contributed by atoms with van der Waals surface area (Å²) in [5.41, 5.74) is 0. The molecule has 1 radical (unpaired) electrons. The van der Waals surface area contributed by atoms with Crippen LogP contribution in [0.4, 0.5) is 0 Å². The van der Waals surface area contributed by atoms with Crippen LogP contribution >= 0.6 is 0 Å². The zero-order valence-corrected chi connectivity index (χ0v) is 7.66. The van der Waals surface area contributed by atoms with Crippen molar-refractivity contribution in [2.45, 2.75) is 13.3 Å². The van der Waals surface area contributed by atoms with E-state index < -0.39 is 0 Å². The van der Waals surface area contributed by atoms with Crippen LogP contribution < -0.4 is 4.74 Å². The minimum absolute atomic E-state index is 0.276. The Hall–Kier alpha value is -1.49. The zero-order valence-electron chi connectivity index (χ0n) is 7.66. The fourth-order valence-electron chi connectivity index (χ4n) is 0.913. The molecule has 0 amide bonds. The lowest BCUT2D eigenvalue weighted by atomic mass is 10.1. The van der Waals surface area contributed by atoms with Crippen LogP contribution in [0.2, 0.25) is 0 Å². The summed E-state index contributed by atoms with van der Waals surface area (Å²) in [5.74, 6) is 1.02. The molecule has 0 aromatic heterocycles. The highest BCUT2D eigenvalue weighted by molar-refractivity contribution is 5.19. The summed E-state index contributed by atoms with van der Waals surface area (Å²) < 4.78 is 5.41. The molecule has 0 saturated heterocycles. The number of benzene rings is 1. The molecule has 0 bridgehead atoms. The van der Waals surface area contributed by atoms with Gasteiger partial charge in [0.1, 0.15) is 5.75 Å². The van der Waals surface area contributed by atoms with Gasteiger partial charge in [0.25, 0.3) is 0 Å². The summed E-state index contributed by atoms with van der Waals surface area (Å²) >= 11 is 0. The third-order valence-corrected chi connectivity index (χ3v) is 1.64. The molecular formula is C11H12NO. The molecule has 0 aliphatic carbocycles. The summed E-state index contributed by atoms with van der Waals surface area (Å²) in [7, 11) is 0. The third kappa shape index (κ3) is 3.62. The summed E-state index contributed by atoms with van der Waals surface area (Å²) in [4.78, 5) is 0. The number of nitrogens with zero attached hydrogens (tertiary/aromatic N) is 1. The first-order valence-electron chi connectivity index (χ1n) is 4.29. The van der Waals surface area contributed by atoms with Gasteiger partial charge in [-0.25, -0.2) is 0 Å². The molecule has 13 heavy (non-hydrogen) atoms. The molecule has 1 atom stereocenters. The minimum Gasteiger partial charge on any atom is -0.493 e. The molecule has 1 unspecified atom stereocenters. The van der Waals surface area contributed by atoms with Crippen LogP contribution in [0, 0.1) is 23.3 Å². The van der Waals surface area contributed by atoms with Gasteiger partial charge in [-0.1, -0.05) is 25.1 Å². The quantitative estimate of drug-likeness (QED) is 0.702. The Morgan fingerprint density at radius 2 is 2.46 bits per heavy atom. The first-order valence-corrected chi connectivity index (χ1v) is 4.29. The molecule has 0 saturated carbocycles. The van der Waals surface area contributed by atoms with E-state index in [4.69, 9.17) is 10.00 Å². The van der Waals surface area contributed by atoms with Crippen molar-refractivity contribution in [1.29, 1.82) is 5.26 Å². The van der Waals surface area contributed by atoms with Crippen molar-refractivity contribution in [2.75, 3.05) is 6.61 Å². The van der Waals surface area contributed by atoms with Gasteiger partial charge in [0.2, 0.25) is 0 Å². The van der Waals surface area contributed by atoms with Gasteiger partial charge in [0.05, 0.1) is 12.7 Å². The molecule has 67 valence electrons. The SMILES string of the molecule is CC(CC#N)COc1[c]cccc1. The molecule has 0 aliphatic heterocycles. The van der Waals surface area contributed by atoms with Gasteiger partial charge in [-0.05, 0) is 6.07 Å². The van der Waals surface area contributed by atoms with Crippen LogP contribution in [0.1, 0.15) is 13.3 Å². The van der Waals surface area contributed by atoms with E-state index in [0.717, 1.165) is 5.75 Å². The van der Waals surface area contributed by atoms with Crippen LogP contribution in [0.3, 0.4) is 0 Å². The topological polar surface area (TPSA) is 33.0 Å². The molecule has 1 aromatic rings. The van der Waals surface area contributed by atoms with E-state index in [1.54, 1.807) is 0 Å². The zero-order chi connectivity index (χ0) is 9.52. The predicted octanol–water partition coefficient (Wildman–Crippen LogP) is 2.42. The van der Waals surface area contributed by atoms with Crippen molar-refractivity contribution in [3.05, 3.63) is 30.3 Å². The van der Waals surface area contributed by atoms with E-state index in [1.807, 2.05) is 31.2 Å². The highest BCUT2D eigenvalue weighted by Gasteiger charge is 2.01. The Morgan fingerprint density at radius 1 is 1.62 bits per heavy atom. The fraction of sp³-hybridized carbons (Fsp3) is 0.364. The van der Waals surface area contributed by atoms with Gasteiger partial charge < -0.3 is 4.74 Å². The number of rotatable bonds is 4. The van der Waals surface area contributed by atoms with E-state index in [1.165, 1.54) is 0 Å². The molecule has 0 fully saturated rings. The summed E-state index contributed by atoms with van der Waals surface area (Å²) in [5, 5.41) is 8.42. The Morgan fingerprint density at radius 3 is 3.08 bits per heavy atom. The molecule has 2 heteroatoms. The van der Waals surface area contributed by atoms with Gasteiger partial charge in [0, 0.05) is 18.4 Å². The van der Waals surface area contributed by atoms with Crippen LogP contribution in [0.15, 0.2) is 24.3 Å². The van der Waals surface area contributed by atoms with E-state index in [-0.39, 0.29) is 5.92 Å². The van der Waals surface area contributed by atoms with E-state index in [9.17, 15) is 0 Å². The summed E-state index contributed by atoms with van der Waals surface area (Å²) in [6.07, 6.45) is 0.535. The lowest BCUT2D eigenvalue weighted by Gasteiger charge is -2.08. The average Bonchev–Trinajstić information content (AvgIpc) is 2.17. The molecule has 1 rings (SSSR count). The molecule has 0 N–H and O–H groups in total. The van der Waals surface area contributed by atoms with Crippen molar-refractivity contribution < 1.29 is 4.74 Å². The highest BCUT2D eigenvalue weighted by Crippen LogP contribution is 2.10. The van der Waals surface area contributed by atoms with Gasteiger partial charge >= 0.3 is 0 Å². The maximum atomic E-state index is 8.42. The van der Waals surface area contributed by atoms with Crippen molar-refractivity contribution in [3.63, 3.8) is 0 Å². The Kier molecular flexibility index (Phi) is 3.84. The van der Waals surface area contributed by atoms with Crippen molar-refractivity contribution >= 4 is 0 Å². The number of hydrogen-bond acceptors (Lipinski definition) is 2. The van der Waals surface area contributed by atoms with Crippen molar-refractivity contribution in [3.8, 4) is 11.8 Å². The van der Waals surface area contributed by atoms with Gasteiger partial charge in [0.15, 0.2) is 0 Å². The Bertz CT molecular complexity index is 276. The Labute approximate surface area is 78.8 Å². The second kappa shape index (κ2) is 5.21. The van der Waals surface area contributed by atoms with E-state index in [0.29, 0.717) is 13.0 Å². The first kappa shape index (κ1) is 9.60. The molecule has 2 nitrogen and oxygen atoms in total. The molecule has 1 aromatic carbocycles. The van der Waals surface area contributed by atoms with Crippen LogP contribution in [0.25, 0.3) is 0 Å². The monoisotopic (exact) mass is 174 g/mol. The van der Waals surface area contributed by atoms with E-state index >= 15 is 0 Å². The number of hydrogen-bond donors (Lipinski definition) is 0. The number of para-hydroxylation sites is 1. The van der Waals surface area contributed by atoms with Crippen molar-refractivity contribution in [2.24, 2.45) is 5.92 Å². The second-order valence-electron chi connectivity index (χ2n) is 3.01. The minimum atomic E-state index is 0.276. The first-order chi connectivity index (χ1) is 6.33. The smallest absolute Gasteiger partial charge is 0.127 e. The fourth-order valence-corrected chi connectivity index (χ4v) is 0.913.